The summed E-state index contributed by atoms with van der Waals surface area (Å²) in [5, 5.41) is 6.28. The first-order valence-corrected chi connectivity index (χ1v) is 6.65. The van der Waals surface area contributed by atoms with E-state index in [9.17, 15) is 4.79 Å². The van der Waals surface area contributed by atoms with Crippen molar-refractivity contribution in [2.24, 2.45) is 0 Å². The lowest BCUT2D eigenvalue weighted by Crippen LogP contribution is -2.00. The van der Waals surface area contributed by atoms with Crippen molar-refractivity contribution in [3.63, 3.8) is 0 Å². The summed E-state index contributed by atoms with van der Waals surface area (Å²) in [4.78, 5) is 20.3. The van der Waals surface area contributed by atoms with Gasteiger partial charge >= 0.3 is 0 Å². The van der Waals surface area contributed by atoms with Crippen molar-refractivity contribution < 1.29 is 9.53 Å². The third-order valence-corrected chi connectivity index (χ3v) is 3.59. The van der Waals surface area contributed by atoms with Gasteiger partial charge in [-0.05, 0) is 17.5 Å². The van der Waals surface area contributed by atoms with Crippen LogP contribution in [0.5, 0.6) is 5.75 Å². The Morgan fingerprint density at radius 3 is 2.85 bits per heavy atom. The number of aromatic nitrogens is 4. The number of carbonyl (C=O) groups is 1. The number of methoxy groups -OCH3 is 1. The number of aldehydes is 1. The van der Waals surface area contributed by atoms with E-state index >= 15 is 0 Å². The summed E-state index contributed by atoms with van der Waals surface area (Å²) in [6, 6.07) is 3.56. The van der Waals surface area contributed by atoms with Crippen molar-refractivity contribution in [3.8, 4) is 22.3 Å². The van der Waals surface area contributed by atoms with Crippen molar-refractivity contribution >= 4 is 17.6 Å². The topological polar surface area (TPSA) is 69.9 Å². The van der Waals surface area contributed by atoms with E-state index in [1.165, 1.54) is 16.0 Å². The van der Waals surface area contributed by atoms with Crippen LogP contribution in [0.25, 0.3) is 16.5 Å². The standard InChI is InChI=1S/C13H10N4O2S/c1-19-10-3-6-20-12(10)11-9(8-18)7-17(16-11)13-14-4-2-5-15-13/h2-8H,1H3. The van der Waals surface area contributed by atoms with Crippen molar-refractivity contribution in [2.45, 2.75) is 0 Å². The van der Waals surface area contributed by atoms with Gasteiger partial charge in [-0.2, -0.15) is 5.10 Å². The normalized spacial score (nSPS) is 10.4. The summed E-state index contributed by atoms with van der Waals surface area (Å²) < 4.78 is 6.75. The molecule has 0 aliphatic rings. The van der Waals surface area contributed by atoms with Gasteiger partial charge in [-0.3, -0.25) is 4.79 Å². The van der Waals surface area contributed by atoms with Crippen LogP contribution >= 0.6 is 11.3 Å². The van der Waals surface area contributed by atoms with Gasteiger partial charge in [0.15, 0.2) is 6.29 Å². The molecular weight excluding hydrogens is 276 g/mol. The number of nitrogens with zero attached hydrogens (tertiary/aromatic N) is 4. The molecule has 6 nitrogen and oxygen atoms in total. The lowest BCUT2D eigenvalue weighted by atomic mass is 10.2. The zero-order valence-corrected chi connectivity index (χ0v) is 11.4. The molecule has 0 aliphatic heterocycles. The molecule has 0 fully saturated rings. The van der Waals surface area contributed by atoms with Gasteiger partial charge in [-0.15, -0.1) is 11.3 Å². The fourth-order valence-electron chi connectivity index (χ4n) is 1.79. The second kappa shape index (κ2) is 5.22. The molecule has 0 aromatic carbocycles. The fraction of sp³-hybridized carbons (Fsp3) is 0.0769. The van der Waals surface area contributed by atoms with E-state index in [0.717, 1.165) is 11.2 Å². The minimum absolute atomic E-state index is 0.414. The molecule has 0 saturated heterocycles. The van der Waals surface area contributed by atoms with Crippen molar-refractivity contribution in [1.82, 2.24) is 19.7 Å². The molecule has 3 aromatic heterocycles. The molecule has 100 valence electrons. The van der Waals surface area contributed by atoms with E-state index in [-0.39, 0.29) is 0 Å². The van der Waals surface area contributed by atoms with E-state index in [2.05, 4.69) is 15.1 Å². The maximum absolute atomic E-state index is 11.2. The summed E-state index contributed by atoms with van der Waals surface area (Å²) in [7, 11) is 1.59. The highest BCUT2D eigenvalue weighted by Crippen LogP contribution is 2.35. The van der Waals surface area contributed by atoms with Gasteiger partial charge in [0, 0.05) is 18.6 Å². The van der Waals surface area contributed by atoms with Crippen LogP contribution in [0.1, 0.15) is 10.4 Å². The smallest absolute Gasteiger partial charge is 0.250 e. The molecule has 0 bridgehead atoms. The highest BCUT2D eigenvalue weighted by Gasteiger charge is 2.17. The average molecular weight is 286 g/mol. The van der Waals surface area contributed by atoms with Crippen LogP contribution in [-0.2, 0) is 0 Å². The maximum Gasteiger partial charge on any atom is 0.250 e. The molecular formula is C13H10N4O2S. The highest BCUT2D eigenvalue weighted by atomic mass is 32.1. The predicted octanol–water partition coefficient (Wildman–Crippen LogP) is 2.21. The molecule has 3 aromatic rings. The molecule has 0 radical (unpaired) electrons. The predicted molar refractivity (Wildman–Crippen MR) is 74.4 cm³/mol. The van der Waals surface area contributed by atoms with Crippen LogP contribution in [0.4, 0.5) is 0 Å². The van der Waals surface area contributed by atoms with Crippen molar-refractivity contribution in [3.05, 3.63) is 41.7 Å². The third-order valence-electron chi connectivity index (χ3n) is 2.69. The first-order chi connectivity index (χ1) is 9.83. The highest BCUT2D eigenvalue weighted by molar-refractivity contribution is 7.14. The van der Waals surface area contributed by atoms with Crippen molar-refractivity contribution in [1.29, 1.82) is 0 Å². The zero-order valence-electron chi connectivity index (χ0n) is 10.6. The summed E-state index contributed by atoms with van der Waals surface area (Å²) in [6.45, 7) is 0. The zero-order chi connectivity index (χ0) is 13.9. The Labute approximate surface area is 118 Å². The molecule has 3 rings (SSSR count). The monoisotopic (exact) mass is 286 g/mol. The number of hydrogen-bond donors (Lipinski definition) is 0. The van der Waals surface area contributed by atoms with Gasteiger partial charge in [-0.1, -0.05) is 0 Å². The van der Waals surface area contributed by atoms with E-state index in [1.54, 1.807) is 31.8 Å². The lowest BCUT2D eigenvalue weighted by Gasteiger charge is -2.00. The fourth-order valence-corrected chi connectivity index (χ4v) is 2.66. The Hall–Kier alpha value is -2.54. The van der Waals surface area contributed by atoms with Crippen LogP contribution in [0.15, 0.2) is 36.1 Å². The van der Waals surface area contributed by atoms with Crippen LogP contribution in [-0.4, -0.2) is 33.1 Å². The molecule has 0 saturated carbocycles. The number of thiophene rings is 1. The molecule has 3 heterocycles. The van der Waals surface area contributed by atoms with E-state index in [1.807, 2.05) is 11.4 Å². The van der Waals surface area contributed by atoms with Gasteiger partial charge in [0.1, 0.15) is 11.4 Å². The molecule has 7 heteroatoms. The number of carbonyl (C=O) groups excluding carboxylic acids is 1. The minimum atomic E-state index is 0.414. The van der Waals surface area contributed by atoms with Crippen molar-refractivity contribution in [2.75, 3.05) is 7.11 Å². The molecule has 0 amide bonds. The molecule has 0 atom stereocenters. The van der Waals surface area contributed by atoms with E-state index in [4.69, 9.17) is 4.74 Å². The Balaban J connectivity index is 2.13. The molecule has 0 aliphatic carbocycles. The lowest BCUT2D eigenvalue weighted by molar-refractivity contribution is 0.112. The Morgan fingerprint density at radius 1 is 1.35 bits per heavy atom. The number of ether oxygens (including phenoxy) is 1. The second-order valence-electron chi connectivity index (χ2n) is 3.86. The number of rotatable bonds is 4. The largest absolute Gasteiger partial charge is 0.495 e. The van der Waals surface area contributed by atoms with Crippen LogP contribution in [0.3, 0.4) is 0 Å². The summed E-state index contributed by atoms with van der Waals surface area (Å²) in [5.41, 5.74) is 1.04. The van der Waals surface area contributed by atoms with Gasteiger partial charge < -0.3 is 4.74 Å². The van der Waals surface area contributed by atoms with Gasteiger partial charge in [-0.25, -0.2) is 14.6 Å². The Kier molecular flexibility index (Phi) is 3.26. The summed E-state index contributed by atoms with van der Waals surface area (Å²) in [5.74, 6) is 1.11. The molecule has 0 spiro atoms. The van der Waals surface area contributed by atoms with Gasteiger partial charge in [0.05, 0.1) is 17.6 Å². The second-order valence-corrected chi connectivity index (χ2v) is 4.78. The maximum atomic E-state index is 11.2. The minimum Gasteiger partial charge on any atom is -0.495 e. The van der Waals surface area contributed by atoms with E-state index in [0.29, 0.717) is 23.0 Å². The van der Waals surface area contributed by atoms with E-state index < -0.39 is 0 Å². The van der Waals surface area contributed by atoms with Crippen LogP contribution in [0.2, 0.25) is 0 Å². The molecule has 20 heavy (non-hydrogen) atoms. The van der Waals surface area contributed by atoms with Crippen LogP contribution in [0, 0.1) is 0 Å². The SMILES string of the molecule is COc1ccsc1-c1nn(-c2ncccn2)cc1C=O. The quantitative estimate of drug-likeness (QED) is 0.688. The summed E-state index contributed by atoms with van der Waals surface area (Å²) >= 11 is 1.46. The third kappa shape index (κ3) is 2.08. The Bertz CT molecular complexity index is 736. The van der Waals surface area contributed by atoms with Gasteiger partial charge in [0.25, 0.3) is 0 Å². The summed E-state index contributed by atoms with van der Waals surface area (Å²) in [6.07, 6.45) is 5.61. The number of hydrogen-bond acceptors (Lipinski definition) is 6. The Morgan fingerprint density at radius 2 is 2.15 bits per heavy atom. The first kappa shape index (κ1) is 12.5. The van der Waals surface area contributed by atoms with Crippen LogP contribution < -0.4 is 4.74 Å². The van der Waals surface area contributed by atoms with Gasteiger partial charge in [0.2, 0.25) is 5.95 Å². The molecule has 0 N–H and O–H groups in total. The first-order valence-electron chi connectivity index (χ1n) is 5.77. The molecule has 0 unspecified atom stereocenters. The average Bonchev–Trinajstić information content (AvgIpc) is 3.13.